The number of rotatable bonds is 2. The van der Waals surface area contributed by atoms with Crippen LogP contribution in [0.15, 0.2) is 39.3 Å². The van der Waals surface area contributed by atoms with E-state index in [4.69, 9.17) is 9.47 Å². The number of halogens is 3. The van der Waals surface area contributed by atoms with Gasteiger partial charge in [0.15, 0.2) is 11.5 Å². The number of aliphatic hydroxyl groups excluding tert-OH is 1. The lowest BCUT2D eigenvalue weighted by Crippen LogP contribution is -2.03. The summed E-state index contributed by atoms with van der Waals surface area (Å²) in [5, 5.41) is 10.4. The fourth-order valence-electron chi connectivity index (χ4n) is 2.05. The van der Waals surface area contributed by atoms with E-state index in [2.05, 4.69) is 31.9 Å². The molecule has 104 valence electrons. The van der Waals surface area contributed by atoms with Crippen molar-refractivity contribution in [2.45, 2.75) is 6.10 Å². The average molecular weight is 404 g/mol. The van der Waals surface area contributed by atoms with Gasteiger partial charge in [-0.05, 0) is 51.8 Å². The molecule has 0 bridgehead atoms. The van der Waals surface area contributed by atoms with Crippen LogP contribution in [0.25, 0.3) is 0 Å². The fourth-order valence-corrected chi connectivity index (χ4v) is 3.00. The van der Waals surface area contributed by atoms with E-state index in [9.17, 15) is 9.50 Å². The van der Waals surface area contributed by atoms with Crippen LogP contribution in [0.4, 0.5) is 4.39 Å². The summed E-state index contributed by atoms with van der Waals surface area (Å²) in [6.07, 6.45) is -1.08. The van der Waals surface area contributed by atoms with Crippen molar-refractivity contribution in [2.75, 3.05) is 6.79 Å². The van der Waals surface area contributed by atoms with Crippen LogP contribution in [-0.4, -0.2) is 11.9 Å². The molecule has 0 radical (unpaired) electrons. The lowest BCUT2D eigenvalue weighted by Gasteiger charge is -2.14. The molecule has 3 nitrogen and oxygen atoms in total. The molecule has 0 saturated carbocycles. The summed E-state index contributed by atoms with van der Waals surface area (Å²) < 4.78 is 25.8. The van der Waals surface area contributed by atoms with Gasteiger partial charge in [-0.2, -0.15) is 0 Å². The van der Waals surface area contributed by atoms with Crippen LogP contribution >= 0.6 is 31.9 Å². The summed E-state index contributed by atoms with van der Waals surface area (Å²) in [6.45, 7) is 0.138. The van der Waals surface area contributed by atoms with E-state index < -0.39 is 11.9 Å². The van der Waals surface area contributed by atoms with Gasteiger partial charge in [-0.3, -0.25) is 0 Å². The van der Waals surface area contributed by atoms with Gasteiger partial charge in [0.05, 0.1) is 4.47 Å². The zero-order chi connectivity index (χ0) is 14.3. The molecule has 0 aliphatic carbocycles. The second-order valence-corrected chi connectivity index (χ2v) is 6.07. The summed E-state index contributed by atoms with van der Waals surface area (Å²) in [4.78, 5) is 0. The number of hydrogen-bond acceptors (Lipinski definition) is 3. The minimum Gasteiger partial charge on any atom is -0.454 e. The first-order chi connectivity index (χ1) is 9.56. The molecule has 2 aromatic rings. The highest BCUT2D eigenvalue weighted by Crippen LogP contribution is 2.42. The van der Waals surface area contributed by atoms with Crippen LogP contribution in [0.5, 0.6) is 11.5 Å². The Bertz CT molecular complexity index is 676. The van der Waals surface area contributed by atoms with Gasteiger partial charge in [-0.15, -0.1) is 0 Å². The highest BCUT2D eigenvalue weighted by atomic mass is 79.9. The van der Waals surface area contributed by atoms with Crippen molar-refractivity contribution in [3.8, 4) is 11.5 Å². The van der Waals surface area contributed by atoms with Crippen LogP contribution in [0.2, 0.25) is 0 Å². The normalized spacial score (nSPS) is 14.4. The Hall–Kier alpha value is -1.11. The fraction of sp³-hybridized carbons (Fsp3) is 0.143. The molecule has 0 spiro atoms. The topological polar surface area (TPSA) is 38.7 Å². The zero-order valence-electron chi connectivity index (χ0n) is 10.1. The number of fused-ring (bicyclic) bond motifs is 1. The lowest BCUT2D eigenvalue weighted by atomic mass is 10.0. The summed E-state index contributed by atoms with van der Waals surface area (Å²) in [7, 11) is 0. The molecule has 3 rings (SSSR count). The third-order valence-electron chi connectivity index (χ3n) is 3.02. The molecule has 0 saturated heterocycles. The van der Waals surface area contributed by atoms with Crippen molar-refractivity contribution < 1.29 is 19.0 Å². The molecule has 20 heavy (non-hydrogen) atoms. The Morgan fingerprint density at radius 1 is 1.15 bits per heavy atom. The highest BCUT2D eigenvalue weighted by Gasteiger charge is 2.22. The maximum absolute atomic E-state index is 13.8. The maximum atomic E-state index is 13.8. The number of hydrogen-bond donors (Lipinski definition) is 1. The predicted molar refractivity (Wildman–Crippen MR) is 78.4 cm³/mol. The van der Waals surface area contributed by atoms with Crippen molar-refractivity contribution >= 4 is 31.9 Å². The lowest BCUT2D eigenvalue weighted by molar-refractivity contribution is 0.173. The van der Waals surface area contributed by atoms with Gasteiger partial charge < -0.3 is 14.6 Å². The van der Waals surface area contributed by atoms with Gasteiger partial charge in [-0.25, -0.2) is 4.39 Å². The minimum absolute atomic E-state index is 0.138. The summed E-state index contributed by atoms with van der Waals surface area (Å²) >= 11 is 6.62. The Kier molecular flexibility index (Phi) is 3.70. The molecule has 1 atom stereocenters. The summed E-state index contributed by atoms with van der Waals surface area (Å²) in [6, 6.07) is 7.79. The van der Waals surface area contributed by atoms with E-state index in [1.807, 2.05) is 0 Å². The Balaban J connectivity index is 2.04. The van der Waals surface area contributed by atoms with Crippen molar-refractivity contribution in [2.24, 2.45) is 0 Å². The predicted octanol–water partition coefficient (Wildman–Crippen LogP) is 4.16. The van der Waals surface area contributed by atoms with Gasteiger partial charge in [0.25, 0.3) is 0 Å². The van der Waals surface area contributed by atoms with Crippen molar-refractivity contribution in [1.82, 2.24) is 0 Å². The monoisotopic (exact) mass is 402 g/mol. The zero-order valence-corrected chi connectivity index (χ0v) is 13.2. The average Bonchev–Trinajstić information content (AvgIpc) is 2.89. The Morgan fingerprint density at radius 3 is 2.75 bits per heavy atom. The van der Waals surface area contributed by atoms with Gasteiger partial charge in [0.2, 0.25) is 6.79 Å². The van der Waals surface area contributed by atoms with E-state index in [0.717, 1.165) is 0 Å². The molecule has 1 aliphatic rings. The van der Waals surface area contributed by atoms with Crippen LogP contribution in [0.1, 0.15) is 17.2 Å². The molecule has 0 amide bonds. The smallest absolute Gasteiger partial charge is 0.231 e. The summed E-state index contributed by atoms with van der Waals surface area (Å²) in [5.41, 5.74) is 0.725. The van der Waals surface area contributed by atoms with Crippen LogP contribution in [0.3, 0.4) is 0 Å². The molecule has 0 aromatic heterocycles. The number of aliphatic hydroxyl groups is 1. The maximum Gasteiger partial charge on any atom is 0.231 e. The van der Waals surface area contributed by atoms with E-state index >= 15 is 0 Å². The van der Waals surface area contributed by atoms with Gasteiger partial charge in [0.1, 0.15) is 11.9 Å². The first-order valence-corrected chi connectivity index (χ1v) is 7.37. The second-order valence-electron chi connectivity index (χ2n) is 4.30. The first-order valence-electron chi connectivity index (χ1n) is 5.78. The highest BCUT2D eigenvalue weighted by molar-refractivity contribution is 9.10. The summed E-state index contributed by atoms with van der Waals surface area (Å²) in [5.74, 6) is 0.661. The molecule has 1 aliphatic heterocycles. The number of ether oxygens (including phenoxy) is 2. The molecule has 2 aromatic carbocycles. The van der Waals surface area contributed by atoms with Gasteiger partial charge in [0, 0.05) is 10.0 Å². The minimum atomic E-state index is -1.08. The van der Waals surface area contributed by atoms with Crippen molar-refractivity contribution in [1.29, 1.82) is 0 Å². The molecule has 6 heteroatoms. The quantitative estimate of drug-likeness (QED) is 0.818. The molecule has 1 N–H and O–H groups in total. The van der Waals surface area contributed by atoms with E-state index in [0.29, 0.717) is 26.0 Å². The molecular weight excluding hydrogens is 395 g/mol. The standard InChI is InChI=1S/C14H9Br2FO3/c15-8-1-2-11(17)9(5-8)13(18)7-3-10(16)14-12(4-7)19-6-20-14/h1-5,13,18H,6H2. The van der Waals surface area contributed by atoms with Crippen molar-refractivity contribution in [3.05, 3.63) is 56.2 Å². The SMILES string of the molecule is OC(c1cc(Br)c2c(c1)OCO2)c1cc(Br)ccc1F. The number of benzene rings is 2. The first kappa shape index (κ1) is 13.9. The van der Waals surface area contributed by atoms with Crippen LogP contribution < -0.4 is 9.47 Å². The van der Waals surface area contributed by atoms with Crippen LogP contribution in [0, 0.1) is 5.82 Å². The van der Waals surface area contributed by atoms with Gasteiger partial charge >= 0.3 is 0 Å². The third-order valence-corrected chi connectivity index (χ3v) is 4.10. The Morgan fingerprint density at radius 2 is 1.95 bits per heavy atom. The van der Waals surface area contributed by atoms with Crippen LogP contribution in [-0.2, 0) is 0 Å². The van der Waals surface area contributed by atoms with E-state index in [1.54, 1.807) is 24.3 Å². The second kappa shape index (κ2) is 5.35. The molecule has 1 unspecified atom stereocenters. The van der Waals surface area contributed by atoms with Crippen molar-refractivity contribution in [3.63, 3.8) is 0 Å². The molecule has 1 heterocycles. The third kappa shape index (κ3) is 2.43. The van der Waals surface area contributed by atoms with E-state index in [1.165, 1.54) is 6.07 Å². The van der Waals surface area contributed by atoms with E-state index in [-0.39, 0.29) is 12.4 Å². The molecule has 0 fully saturated rings. The Labute approximate surface area is 131 Å². The molecular formula is C14H9Br2FO3. The van der Waals surface area contributed by atoms with Gasteiger partial charge in [-0.1, -0.05) is 15.9 Å². The largest absolute Gasteiger partial charge is 0.454 e.